The van der Waals surface area contributed by atoms with Crippen LogP contribution in [0.1, 0.15) is 37.0 Å². The SMILES string of the molecule is CCN(CC)CCNC(=O)c1ccc2ccc(NC(=O)ON3C(=O)CCC3=O)cc2c1. The highest BCUT2D eigenvalue weighted by Gasteiger charge is 2.32. The monoisotopic (exact) mass is 426 g/mol. The number of imide groups is 1. The summed E-state index contributed by atoms with van der Waals surface area (Å²) in [5.41, 5.74) is 0.927. The van der Waals surface area contributed by atoms with E-state index in [1.165, 1.54) is 0 Å². The third kappa shape index (κ3) is 5.58. The minimum absolute atomic E-state index is 0.0296. The first-order valence-corrected chi connectivity index (χ1v) is 10.3. The third-order valence-corrected chi connectivity index (χ3v) is 5.14. The zero-order valence-corrected chi connectivity index (χ0v) is 17.6. The number of hydrogen-bond donors (Lipinski definition) is 2. The van der Waals surface area contributed by atoms with Gasteiger partial charge >= 0.3 is 6.09 Å². The fourth-order valence-electron chi connectivity index (χ4n) is 3.32. The maximum atomic E-state index is 12.5. The highest BCUT2D eigenvalue weighted by molar-refractivity contribution is 6.02. The Kier molecular flexibility index (Phi) is 7.19. The Morgan fingerprint density at radius 1 is 1.00 bits per heavy atom. The second-order valence-corrected chi connectivity index (χ2v) is 7.15. The zero-order chi connectivity index (χ0) is 22.4. The van der Waals surface area contributed by atoms with Crippen molar-refractivity contribution >= 4 is 40.3 Å². The predicted octanol–water partition coefficient (Wildman–Crippen LogP) is 2.52. The van der Waals surface area contributed by atoms with E-state index in [9.17, 15) is 19.2 Å². The summed E-state index contributed by atoms with van der Waals surface area (Å²) in [6.45, 7) is 7.36. The predicted molar refractivity (Wildman–Crippen MR) is 115 cm³/mol. The summed E-state index contributed by atoms with van der Waals surface area (Å²) in [6.07, 6.45) is -0.878. The topological polar surface area (TPSA) is 108 Å². The van der Waals surface area contributed by atoms with Gasteiger partial charge in [0.05, 0.1) is 0 Å². The van der Waals surface area contributed by atoms with Crippen LogP contribution in [0.5, 0.6) is 0 Å². The Morgan fingerprint density at radius 3 is 2.35 bits per heavy atom. The van der Waals surface area contributed by atoms with Crippen LogP contribution in [0.15, 0.2) is 36.4 Å². The number of amides is 4. The maximum Gasteiger partial charge on any atom is 0.436 e. The second kappa shape index (κ2) is 10.0. The molecule has 4 amide bonds. The van der Waals surface area contributed by atoms with Crippen molar-refractivity contribution in [3.63, 3.8) is 0 Å². The van der Waals surface area contributed by atoms with E-state index >= 15 is 0 Å². The summed E-state index contributed by atoms with van der Waals surface area (Å²) >= 11 is 0. The zero-order valence-electron chi connectivity index (χ0n) is 17.6. The number of rotatable bonds is 8. The lowest BCUT2D eigenvalue weighted by molar-refractivity contribution is -0.170. The fraction of sp³-hybridized carbons (Fsp3) is 0.364. The number of carbonyl (C=O) groups excluding carboxylic acids is 4. The lowest BCUT2D eigenvalue weighted by Gasteiger charge is -2.18. The van der Waals surface area contributed by atoms with Crippen molar-refractivity contribution in [2.24, 2.45) is 0 Å². The van der Waals surface area contributed by atoms with Crippen LogP contribution in [0.3, 0.4) is 0 Å². The molecular formula is C22H26N4O5. The number of hydrogen-bond acceptors (Lipinski definition) is 6. The number of nitrogens with zero attached hydrogens (tertiary/aromatic N) is 2. The first-order chi connectivity index (χ1) is 14.9. The van der Waals surface area contributed by atoms with Gasteiger partial charge in [-0.25, -0.2) is 4.79 Å². The number of nitrogens with one attached hydrogen (secondary N) is 2. The number of hydroxylamine groups is 2. The van der Waals surface area contributed by atoms with Crippen LogP contribution in [0, 0.1) is 0 Å². The average Bonchev–Trinajstić information content (AvgIpc) is 3.08. The van der Waals surface area contributed by atoms with Gasteiger partial charge in [-0.3, -0.25) is 19.7 Å². The van der Waals surface area contributed by atoms with Gasteiger partial charge in [-0.05, 0) is 48.1 Å². The summed E-state index contributed by atoms with van der Waals surface area (Å²) in [4.78, 5) is 54.7. The van der Waals surface area contributed by atoms with Crippen LogP contribution < -0.4 is 10.6 Å². The Balaban J connectivity index is 1.64. The van der Waals surface area contributed by atoms with E-state index in [0.29, 0.717) is 22.9 Å². The van der Waals surface area contributed by atoms with Crippen molar-refractivity contribution in [1.82, 2.24) is 15.3 Å². The van der Waals surface area contributed by atoms with Crippen molar-refractivity contribution in [3.8, 4) is 0 Å². The van der Waals surface area contributed by atoms with Crippen LogP contribution >= 0.6 is 0 Å². The number of carbonyl (C=O) groups is 4. The van der Waals surface area contributed by atoms with E-state index in [2.05, 4.69) is 29.4 Å². The molecule has 0 atom stereocenters. The van der Waals surface area contributed by atoms with Gasteiger partial charge in [-0.15, -0.1) is 5.06 Å². The molecule has 0 saturated carbocycles. The Labute approximate surface area is 180 Å². The molecule has 1 fully saturated rings. The van der Waals surface area contributed by atoms with E-state index in [1.807, 2.05) is 6.07 Å². The third-order valence-electron chi connectivity index (χ3n) is 5.14. The quantitative estimate of drug-likeness (QED) is 0.628. The molecule has 0 aromatic heterocycles. The number of fused-ring (bicyclic) bond motifs is 1. The molecule has 2 aromatic carbocycles. The second-order valence-electron chi connectivity index (χ2n) is 7.15. The largest absolute Gasteiger partial charge is 0.436 e. The molecule has 3 rings (SSSR count). The highest BCUT2D eigenvalue weighted by atomic mass is 16.7. The number of anilines is 1. The van der Waals surface area contributed by atoms with Crippen molar-refractivity contribution in [2.75, 3.05) is 31.5 Å². The molecule has 2 aromatic rings. The van der Waals surface area contributed by atoms with Crippen molar-refractivity contribution in [2.45, 2.75) is 26.7 Å². The minimum atomic E-state index is -0.937. The normalized spacial score (nSPS) is 13.7. The van der Waals surface area contributed by atoms with E-state index in [-0.39, 0.29) is 18.7 Å². The summed E-state index contributed by atoms with van der Waals surface area (Å²) in [6, 6.07) is 10.5. The molecule has 9 heteroatoms. The van der Waals surface area contributed by atoms with Crippen molar-refractivity contribution in [3.05, 3.63) is 42.0 Å². The van der Waals surface area contributed by atoms with Crippen molar-refractivity contribution in [1.29, 1.82) is 0 Å². The lowest BCUT2D eigenvalue weighted by Crippen LogP contribution is -2.34. The average molecular weight is 426 g/mol. The first-order valence-electron chi connectivity index (χ1n) is 10.3. The molecule has 0 aliphatic carbocycles. The lowest BCUT2D eigenvalue weighted by atomic mass is 10.1. The fourth-order valence-corrected chi connectivity index (χ4v) is 3.32. The molecule has 0 radical (unpaired) electrons. The van der Waals surface area contributed by atoms with Crippen LogP contribution in [0.2, 0.25) is 0 Å². The van der Waals surface area contributed by atoms with Gasteiger partial charge in [0.15, 0.2) is 0 Å². The molecule has 1 saturated heterocycles. The van der Waals surface area contributed by atoms with Gasteiger partial charge in [0.25, 0.3) is 17.7 Å². The molecule has 1 heterocycles. The van der Waals surface area contributed by atoms with E-state index in [4.69, 9.17) is 4.84 Å². The molecule has 1 aliphatic rings. The van der Waals surface area contributed by atoms with Gasteiger partial charge in [-0.1, -0.05) is 26.0 Å². The Hall–Kier alpha value is -3.46. The molecule has 0 spiro atoms. The summed E-state index contributed by atoms with van der Waals surface area (Å²) in [5, 5.41) is 7.54. The molecule has 0 unspecified atom stereocenters. The highest BCUT2D eigenvalue weighted by Crippen LogP contribution is 2.21. The smallest absolute Gasteiger partial charge is 0.351 e. The van der Waals surface area contributed by atoms with Gasteiger partial charge in [0.2, 0.25) is 0 Å². The molecule has 0 bridgehead atoms. The molecule has 2 N–H and O–H groups in total. The molecular weight excluding hydrogens is 400 g/mol. The van der Waals surface area contributed by atoms with Crippen LogP contribution in [-0.2, 0) is 14.4 Å². The van der Waals surface area contributed by atoms with E-state index < -0.39 is 17.9 Å². The van der Waals surface area contributed by atoms with E-state index in [1.54, 1.807) is 30.3 Å². The number of likely N-dealkylation sites (N-methyl/N-ethyl adjacent to an activating group) is 1. The van der Waals surface area contributed by atoms with Crippen molar-refractivity contribution < 1.29 is 24.0 Å². The van der Waals surface area contributed by atoms with Gasteiger partial charge in [0.1, 0.15) is 0 Å². The van der Waals surface area contributed by atoms with Crippen LogP contribution in [0.4, 0.5) is 10.5 Å². The molecule has 9 nitrogen and oxygen atoms in total. The summed E-state index contributed by atoms with van der Waals surface area (Å²) in [5.74, 6) is -1.26. The first kappa shape index (κ1) is 22.2. The summed E-state index contributed by atoms with van der Waals surface area (Å²) < 4.78 is 0. The van der Waals surface area contributed by atoms with Gasteiger partial charge in [0, 0.05) is 37.2 Å². The Bertz CT molecular complexity index is 987. The van der Waals surface area contributed by atoms with Crippen LogP contribution in [0.25, 0.3) is 10.8 Å². The Morgan fingerprint density at radius 2 is 1.68 bits per heavy atom. The minimum Gasteiger partial charge on any atom is -0.351 e. The van der Waals surface area contributed by atoms with Crippen LogP contribution in [-0.4, -0.2) is 60.0 Å². The molecule has 1 aliphatic heterocycles. The van der Waals surface area contributed by atoms with E-state index in [0.717, 1.165) is 30.4 Å². The molecule has 164 valence electrons. The number of benzene rings is 2. The maximum absolute atomic E-state index is 12.5. The standard InChI is InChI=1S/C22H26N4O5/c1-3-25(4-2)12-11-23-21(29)16-6-5-15-7-8-18(14-17(15)13-16)24-22(30)31-26-19(27)9-10-20(26)28/h5-8,13-14H,3-4,9-12H2,1-2H3,(H,23,29)(H,24,30). The molecule has 31 heavy (non-hydrogen) atoms. The summed E-state index contributed by atoms with van der Waals surface area (Å²) in [7, 11) is 0. The van der Waals surface area contributed by atoms with Gasteiger partial charge < -0.3 is 15.1 Å². The van der Waals surface area contributed by atoms with Gasteiger partial charge in [-0.2, -0.15) is 0 Å².